The number of aliphatic hydroxyl groups excluding tert-OH is 2. The van der Waals surface area contributed by atoms with E-state index in [0.29, 0.717) is 0 Å². The quantitative estimate of drug-likeness (QED) is 0.354. The first-order valence-electron chi connectivity index (χ1n) is 8.30. The first-order valence-corrected chi connectivity index (χ1v) is 8.30. The molecular formula is C18H36O6. The summed E-state index contributed by atoms with van der Waals surface area (Å²) in [6.45, 7) is 10.2. The molecular weight excluding hydrogens is 312 g/mol. The van der Waals surface area contributed by atoms with Crippen molar-refractivity contribution >= 4 is 11.9 Å². The minimum atomic E-state index is -0.981. The lowest BCUT2D eigenvalue weighted by Crippen LogP contribution is -1.85. The Morgan fingerprint density at radius 2 is 0.917 bits per heavy atom. The van der Waals surface area contributed by atoms with Crippen LogP contribution in [0.15, 0.2) is 25.3 Å². The largest absolute Gasteiger partial charge is 0.478 e. The Bertz CT molecular complexity index is 249. The van der Waals surface area contributed by atoms with E-state index in [2.05, 4.69) is 27.0 Å². The minimum absolute atomic E-state index is 0.125. The van der Waals surface area contributed by atoms with Crippen molar-refractivity contribution in [2.45, 2.75) is 65.2 Å². The van der Waals surface area contributed by atoms with Gasteiger partial charge < -0.3 is 20.4 Å². The molecule has 6 heteroatoms. The summed E-state index contributed by atoms with van der Waals surface area (Å²) in [5, 5.41) is 30.5. The molecule has 24 heavy (non-hydrogen) atoms. The van der Waals surface area contributed by atoms with Crippen molar-refractivity contribution in [2.24, 2.45) is 0 Å². The lowest BCUT2D eigenvalue weighted by molar-refractivity contribution is -0.132. The van der Waals surface area contributed by atoms with E-state index in [1.54, 1.807) is 0 Å². The van der Waals surface area contributed by atoms with Crippen LogP contribution in [0.2, 0.25) is 0 Å². The number of carbonyl (C=O) groups is 2. The summed E-state index contributed by atoms with van der Waals surface area (Å²) in [6.07, 6.45) is 13.1. The molecule has 0 saturated heterocycles. The fraction of sp³-hybridized carbons (Fsp3) is 0.667. The van der Waals surface area contributed by atoms with Crippen LogP contribution in [-0.2, 0) is 9.59 Å². The Morgan fingerprint density at radius 3 is 1.04 bits per heavy atom. The molecule has 0 aliphatic carbocycles. The molecule has 0 heterocycles. The van der Waals surface area contributed by atoms with Crippen molar-refractivity contribution in [1.82, 2.24) is 0 Å². The van der Waals surface area contributed by atoms with Gasteiger partial charge in [0.05, 0.1) is 13.2 Å². The van der Waals surface area contributed by atoms with Crippen LogP contribution in [0.4, 0.5) is 0 Å². The van der Waals surface area contributed by atoms with Gasteiger partial charge in [0, 0.05) is 12.2 Å². The number of carboxylic acid groups (broad SMARTS) is 2. The Labute approximate surface area is 146 Å². The van der Waals surface area contributed by atoms with Gasteiger partial charge in [-0.1, -0.05) is 78.4 Å². The van der Waals surface area contributed by atoms with Gasteiger partial charge in [0.15, 0.2) is 0 Å². The van der Waals surface area contributed by atoms with E-state index < -0.39 is 11.9 Å². The highest BCUT2D eigenvalue weighted by molar-refractivity contribution is 5.79. The summed E-state index contributed by atoms with van der Waals surface area (Å²) >= 11 is 0. The van der Waals surface area contributed by atoms with Gasteiger partial charge in [0.25, 0.3) is 0 Å². The maximum Gasteiger partial charge on any atom is 0.327 e. The zero-order valence-electron chi connectivity index (χ0n) is 15.2. The van der Waals surface area contributed by atoms with E-state index in [9.17, 15) is 9.59 Å². The smallest absolute Gasteiger partial charge is 0.327 e. The minimum Gasteiger partial charge on any atom is -0.478 e. The SMILES string of the molecule is C=CC(=O)O.C=CC(=O)O.CCCCCCCCCC.OCCO. The second kappa shape index (κ2) is 33.1. The molecule has 0 aliphatic rings. The normalized spacial score (nSPS) is 8.17. The fourth-order valence-electron chi connectivity index (χ4n) is 1.21. The standard InChI is InChI=1S/C10H22.2C3H4O2.C2H6O2/c1-3-5-7-9-10-8-6-4-2;2*1-2-3(4)5;3-1-2-4/h3-10H2,1-2H3;2*2H,1H2,(H,4,5);3-4H,1-2H2. The Hall–Kier alpha value is -1.66. The summed E-state index contributed by atoms with van der Waals surface area (Å²) in [5.74, 6) is -1.96. The molecule has 0 aromatic rings. The lowest BCUT2D eigenvalue weighted by atomic mass is 10.1. The van der Waals surface area contributed by atoms with Crippen molar-refractivity contribution in [1.29, 1.82) is 0 Å². The van der Waals surface area contributed by atoms with Gasteiger partial charge in [-0.15, -0.1) is 0 Å². The number of aliphatic hydroxyl groups is 2. The Morgan fingerprint density at radius 1 is 0.708 bits per heavy atom. The van der Waals surface area contributed by atoms with Crippen LogP contribution in [0.5, 0.6) is 0 Å². The van der Waals surface area contributed by atoms with Crippen LogP contribution in [-0.4, -0.2) is 45.6 Å². The number of unbranched alkanes of at least 4 members (excludes halogenated alkanes) is 7. The van der Waals surface area contributed by atoms with Gasteiger partial charge in [-0.3, -0.25) is 0 Å². The molecule has 0 radical (unpaired) electrons. The predicted molar refractivity (Wildman–Crippen MR) is 98.1 cm³/mol. The highest BCUT2D eigenvalue weighted by Gasteiger charge is 1.87. The van der Waals surface area contributed by atoms with Crippen LogP contribution >= 0.6 is 0 Å². The van der Waals surface area contributed by atoms with Gasteiger partial charge in [-0.25, -0.2) is 9.59 Å². The molecule has 0 atom stereocenters. The molecule has 0 aromatic heterocycles. The van der Waals surface area contributed by atoms with Crippen LogP contribution in [0.25, 0.3) is 0 Å². The van der Waals surface area contributed by atoms with Gasteiger partial charge in [-0.05, 0) is 0 Å². The van der Waals surface area contributed by atoms with E-state index in [1.165, 1.54) is 51.4 Å². The van der Waals surface area contributed by atoms with E-state index in [0.717, 1.165) is 12.2 Å². The maximum absolute atomic E-state index is 9.25. The molecule has 0 aromatic carbocycles. The first kappa shape index (κ1) is 30.2. The molecule has 4 N–H and O–H groups in total. The summed E-state index contributed by atoms with van der Waals surface area (Å²) < 4.78 is 0. The summed E-state index contributed by atoms with van der Waals surface area (Å²) in [6, 6.07) is 0. The number of rotatable bonds is 10. The molecule has 0 rings (SSSR count). The van der Waals surface area contributed by atoms with Crippen LogP contribution in [0, 0.1) is 0 Å². The van der Waals surface area contributed by atoms with Gasteiger partial charge in [-0.2, -0.15) is 0 Å². The molecule has 0 fully saturated rings. The molecule has 0 amide bonds. The fourth-order valence-corrected chi connectivity index (χ4v) is 1.21. The Kier molecular flexibility index (Phi) is 41.7. The molecule has 0 aliphatic heterocycles. The van der Waals surface area contributed by atoms with Crippen molar-refractivity contribution in [3.8, 4) is 0 Å². The van der Waals surface area contributed by atoms with Crippen molar-refractivity contribution in [3.63, 3.8) is 0 Å². The summed E-state index contributed by atoms with van der Waals surface area (Å²) in [7, 11) is 0. The van der Waals surface area contributed by atoms with E-state index in [1.807, 2.05) is 0 Å². The number of carboxylic acids is 2. The second-order valence-corrected chi connectivity index (χ2v) is 4.65. The molecule has 0 saturated carbocycles. The highest BCUT2D eigenvalue weighted by atomic mass is 16.4. The topological polar surface area (TPSA) is 115 Å². The van der Waals surface area contributed by atoms with E-state index in [-0.39, 0.29) is 13.2 Å². The molecule has 144 valence electrons. The first-order chi connectivity index (χ1) is 11.4. The van der Waals surface area contributed by atoms with Gasteiger partial charge in [0.2, 0.25) is 0 Å². The number of hydrogen-bond acceptors (Lipinski definition) is 4. The molecule has 6 nitrogen and oxygen atoms in total. The third-order valence-electron chi connectivity index (χ3n) is 2.41. The van der Waals surface area contributed by atoms with Crippen molar-refractivity contribution in [2.75, 3.05) is 13.2 Å². The second-order valence-electron chi connectivity index (χ2n) is 4.65. The lowest BCUT2D eigenvalue weighted by Gasteiger charge is -1.97. The third-order valence-corrected chi connectivity index (χ3v) is 2.41. The van der Waals surface area contributed by atoms with Crippen LogP contribution in [0.1, 0.15) is 65.2 Å². The highest BCUT2D eigenvalue weighted by Crippen LogP contribution is 2.07. The molecule has 0 unspecified atom stereocenters. The maximum atomic E-state index is 9.25. The zero-order chi connectivity index (χ0) is 19.6. The monoisotopic (exact) mass is 348 g/mol. The zero-order valence-corrected chi connectivity index (χ0v) is 15.2. The average Bonchev–Trinajstić information content (AvgIpc) is 2.59. The molecule has 0 spiro atoms. The summed E-state index contributed by atoms with van der Waals surface area (Å²) in [4.78, 5) is 18.5. The van der Waals surface area contributed by atoms with Crippen molar-refractivity contribution in [3.05, 3.63) is 25.3 Å². The van der Waals surface area contributed by atoms with Gasteiger partial charge in [0.1, 0.15) is 0 Å². The Balaban J connectivity index is -0.000000121. The number of hydrogen-bond donors (Lipinski definition) is 4. The van der Waals surface area contributed by atoms with E-state index >= 15 is 0 Å². The van der Waals surface area contributed by atoms with E-state index in [4.69, 9.17) is 20.4 Å². The van der Waals surface area contributed by atoms with Crippen molar-refractivity contribution < 1.29 is 30.0 Å². The average molecular weight is 348 g/mol. The number of aliphatic carboxylic acids is 2. The van der Waals surface area contributed by atoms with Crippen LogP contribution < -0.4 is 0 Å². The predicted octanol–water partition coefficient (Wildman–Crippen LogP) is 3.63. The third kappa shape index (κ3) is 71.2. The van der Waals surface area contributed by atoms with Crippen LogP contribution in [0.3, 0.4) is 0 Å². The molecule has 0 bridgehead atoms. The summed E-state index contributed by atoms with van der Waals surface area (Å²) in [5.41, 5.74) is 0. The van der Waals surface area contributed by atoms with Gasteiger partial charge >= 0.3 is 11.9 Å².